The molecule has 4 nitrogen and oxygen atoms in total. The van der Waals surface area contributed by atoms with Gasteiger partial charge in [-0.15, -0.1) is 0 Å². The molecule has 2 aromatic carbocycles. The lowest BCUT2D eigenvalue weighted by atomic mass is 10.0. The molecule has 1 amide bonds. The Hall–Kier alpha value is -1.72. The van der Waals surface area contributed by atoms with Gasteiger partial charge in [-0.05, 0) is 58.1 Å². The van der Waals surface area contributed by atoms with Gasteiger partial charge < -0.3 is 14.8 Å². The highest BCUT2D eigenvalue weighted by atomic mass is 79.9. The molecular weight excluding hydrogens is 406 g/mol. The lowest BCUT2D eigenvalue weighted by molar-refractivity contribution is 0.102. The van der Waals surface area contributed by atoms with E-state index in [-0.39, 0.29) is 5.91 Å². The summed E-state index contributed by atoms with van der Waals surface area (Å²) >= 11 is 9.71. The van der Waals surface area contributed by atoms with Crippen LogP contribution in [0.3, 0.4) is 0 Å². The third-order valence-electron chi connectivity index (χ3n) is 4.02. The number of methoxy groups -OCH3 is 2. The van der Waals surface area contributed by atoms with Crippen molar-refractivity contribution in [3.8, 4) is 11.5 Å². The standard InChI is InChI=1S/C19H21BrClNO3/c1-5-11-7-8-14(21)13(6-2)18(11)22-19(23)12-9-15(24-3)17(20)16(10-12)25-4/h7-10H,5-6H2,1-4H3,(H,22,23). The molecule has 2 rings (SSSR count). The van der Waals surface area contributed by atoms with Gasteiger partial charge in [-0.1, -0.05) is 31.5 Å². The van der Waals surface area contributed by atoms with Gasteiger partial charge in [0, 0.05) is 16.3 Å². The van der Waals surface area contributed by atoms with Crippen LogP contribution in [-0.2, 0) is 12.8 Å². The Morgan fingerprint density at radius 3 is 2.20 bits per heavy atom. The van der Waals surface area contributed by atoms with Crippen LogP contribution in [0.2, 0.25) is 5.02 Å². The number of hydrogen-bond acceptors (Lipinski definition) is 3. The van der Waals surface area contributed by atoms with Crippen molar-refractivity contribution >= 4 is 39.1 Å². The van der Waals surface area contributed by atoms with Gasteiger partial charge in [-0.25, -0.2) is 0 Å². The fourth-order valence-electron chi connectivity index (χ4n) is 2.65. The molecule has 2 aromatic rings. The predicted octanol–water partition coefficient (Wildman–Crippen LogP) is 5.50. The molecule has 0 saturated heterocycles. The van der Waals surface area contributed by atoms with Crippen molar-refractivity contribution in [2.24, 2.45) is 0 Å². The van der Waals surface area contributed by atoms with E-state index in [2.05, 4.69) is 21.2 Å². The van der Waals surface area contributed by atoms with Crippen molar-refractivity contribution in [1.29, 1.82) is 0 Å². The van der Waals surface area contributed by atoms with Crippen LogP contribution in [0.5, 0.6) is 11.5 Å². The van der Waals surface area contributed by atoms with Gasteiger partial charge in [0.15, 0.2) is 0 Å². The molecule has 0 fully saturated rings. The van der Waals surface area contributed by atoms with Gasteiger partial charge in [0.2, 0.25) is 0 Å². The van der Waals surface area contributed by atoms with Crippen LogP contribution in [0.1, 0.15) is 35.3 Å². The SMILES string of the molecule is CCc1ccc(Cl)c(CC)c1NC(=O)c1cc(OC)c(Br)c(OC)c1. The third-order valence-corrected chi connectivity index (χ3v) is 5.16. The number of amides is 1. The van der Waals surface area contributed by atoms with Gasteiger partial charge >= 0.3 is 0 Å². The van der Waals surface area contributed by atoms with E-state index in [1.54, 1.807) is 26.4 Å². The molecule has 0 aliphatic carbocycles. The van der Waals surface area contributed by atoms with Crippen molar-refractivity contribution in [3.05, 3.63) is 50.5 Å². The summed E-state index contributed by atoms with van der Waals surface area (Å²) in [6, 6.07) is 7.16. The van der Waals surface area contributed by atoms with E-state index in [1.807, 2.05) is 26.0 Å². The third kappa shape index (κ3) is 4.10. The van der Waals surface area contributed by atoms with Gasteiger partial charge in [-0.2, -0.15) is 0 Å². The van der Waals surface area contributed by atoms with E-state index < -0.39 is 0 Å². The molecule has 0 aromatic heterocycles. The molecule has 0 heterocycles. The van der Waals surface area contributed by atoms with Gasteiger partial charge in [-0.3, -0.25) is 4.79 Å². The van der Waals surface area contributed by atoms with Crippen molar-refractivity contribution in [3.63, 3.8) is 0 Å². The summed E-state index contributed by atoms with van der Waals surface area (Å²) in [5, 5.41) is 3.66. The van der Waals surface area contributed by atoms with Crippen LogP contribution in [0, 0.1) is 0 Å². The Kier molecular flexibility index (Phi) is 6.73. The van der Waals surface area contributed by atoms with Gasteiger partial charge in [0.25, 0.3) is 5.91 Å². The fourth-order valence-corrected chi connectivity index (χ4v) is 3.50. The minimum Gasteiger partial charge on any atom is -0.495 e. The first kappa shape index (κ1) is 19.6. The van der Waals surface area contributed by atoms with Crippen LogP contribution in [0.25, 0.3) is 0 Å². The van der Waals surface area contributed by atoms with E-state index in [4.69, 9.17) is 21.1 Å². The number of rotatable bonds is 6. The monoisotopic (exact) mass is 425 g/mol. The summed E-state index contributed by atoms with van der Waals surface area (Å²) in [6.07, 6.45) is 1.53. The van der Waals surface area contributed by atoms with E-state index in [0.717, 1.165) is 29.7 Å². The Morgan fingerprint density at radius 2 is 1.72 bits per heavy atom. The van der Waals surface area contributed by atoms with Crippen LogP contribution in [-0.4, -0.2) is 20.1 Å². The topological polar surface area (TPSA) is 47.6 Å². The maximum Gasteiger partial charge on any atom is 0.255 e. The zero-order valence-electron chi connectivity index (χ0n) is 14.7. The summed E-state index contributed by atoms with van der Waals surface area (Å²) in [4.78, 5) is 12.8. The molecule has 0 radical (unpaired) electrons. The maximum atomic E-state index is 12.8. The highest BCUT2D eigenvalue weighted by Gasteiger charge is 2.18. The molecule has 0 aliphatic rings. The summed E-state index contributed by atoms with van der Waals surface area (Å²) in [7, 11) is 3.09. The first-order valence-corrected chi connectivity index (χ1v) is 9.16. The average Bonchev–Trinajstić information content (AvgIpc) is 2.62. The van der Waals surface area contributed by atoms with Crippen LogP contribution >= 0.6 is 27.5 Å². The Balaban J connectivity index is 2.46. The molecule has 0 aliphatic heterocycles. The lowest BCUT2D eigenvalue weighted by Gasteiger charge is -2.17. The van der Waals surface area contributed by atoms with Crippen LogP contribution in [0.4, 0.5) is 5.69 Å². The number of ether oxygens (including phenoxy) is 2. The second-order valence-electron chi connectivity index (χ2n) is 5.42. The summed E-state index contributed by atoms with van der Waals surface area (Å²) in [5.74, 6) is 0.819. The van der Waals surface area contributed by atoms with Crippen molar-refractivity contribution in [1.82, 2.24) is 0 Å². The minimum atomic E-state index is -0.240. The van der Waals surface area contributed by atoms with E-state index in [9.17, 15) is 4.79 Å². The number of hydrogen-bond donors (Lipinski definition) is 1. The smallest absolute Gasteiger partial charge is 0.255 e. The van der Waals surface area contributed by atoms with E-state index in [0.29, 0.717) is 26.6 Å². The normalized spacial score (nSPS) is 10.5. The molecule has 0 atom stereocenters. The Morgan fingerprint density at radius 1 is 1.12 bits per heavy atom. The number of carbonyl (C=O) groups excluding carboxylic acids is 1. The van der Waals surface area contributed by atoms with E-state index in [1.165, 1.54) is 0 Å². The molecule has 0 saturated carbocycles. The molecule has 0 unspecified atom stereocenters. The lowest BCUT2D eigenvalue weighted by Crippen LogP contribution is -2.15. The molecular formula is C19H21BrClNO3. The van der Waals surface area contributed by atoms with Crippen molar-refractivity contribution in [2.45, 2.75) is 26.7 Å². The van der Waals surface area contributed by atoms with Crippen LogP contribution < -0.4 is 14.8 Å². The fraction of sp³-hybridized carbons (Fsp3) is 0.316. The molecule has 0 bridgehead atoms. The minimum absolute atomic E-state index is 0.240. The quantitative estimate of drug-likeness (QED) is 0.664. The largest absolute Gasteiger partial charge is 0.495 e. The summed E-state index contributed by atoms with van der Waals surface area (Å²) in [5.41, 5.74) is 3.21. The zero-order valence-corrected chi connectivity index (χ0v) is 17.0. The van der Waals surface area contributed by atoms with E-state index >= 15 is 0 Å². The predicted molar refractivity (Wildman–Crippen MR) is 105 cm³/mol. The summed E-state index contributed by atoms with van der Waals surface area (Å²) < 4.78 is 11.3. The Bertz CT molecular complexity index is 767. The zero-order chi connectivity index (χ0) is 18.6. The molecule has 1 N–H and O–H groups in total. The molecule has 25 heavy (non-hydrogen) atoms. The number of benzene rings is 2. The molecule has 0 spiro atoms. The van der Waals surface area contributed by atoms with Crippen LogP contribution in [0.15, 0.2) is 28.7 Å². The first-order valence-electron chi connectivity index (χ1n) is 7.99. The number of anilines is 1. The van der Waals surface area contributed by atoms with Gasteiger partial charge in [0.05, 0.1) is 14.2 Å². The summed E-state index contributed by atoms with van der Waals surface area (Å²) in [6.45, 7) is 4.06. The van der Waals surface area contributed by atoms with Crippen molar-refractivity contribution < 1.29 is 14.3 Å². The number of nitrogens with one attached hydrogen (secondary N) is 1. The second-order valence-corrected chi connectivity index (χ2v) is 6.62. The highest BCUT2D eigenvalue weighted by molar-refractivity contribution is 9.10. The van der Waals surface area contributed by atoms with Gasteiger partial charge in [0.1, 0.15) is 16.0 Å². The number of aryl methyl sites for hydroxylation is 1. The van der Waals surface area contributed by atoms with Crippen molar-refractivity contribution in [2.75, 3.05) is 19.5 Å². The highest BCUT2D eigenvalue weighted by Crippen LogP contribution is 2.36. The first-order chi connectivity index (χ1) is 12.0. The molecule has 134 valence electrons. The average molecular weight is 427 g/mol. The Labute approximate surface area is 161 Å². The number of carbonyl (C=O) groups is 1. The number of halogens is 2. The second kappa shape index (κ2) is 8.59. The molecule has 6 heteroatoms. The maximum absolute atomic E-state index is 12.8.